The van der Waals surface area contributed by atoms with Gasteiger partial charge in [-0.15, -0.1) is 0 Å². The molecule has 150 valence electrons. The summed E-state index contributed by atoms with van der Waals surface area (Å²) in [6, 6.07) is 4.80. The fourth-order valence-corrected chi connectivity index (χ4v) is 4.04. The van der Waals surface area contributed by atoms with Crippen molar-refractivity contribution in [3.8, 4) is 11.5 Å². The summed E-state index contributed by atoms with van der Waals surface area (Å²) in [5.74, 6) is 0.879. The molecule has 0 radical (unpaired) electrons. The fourth-order valence-electron chi connectivity index (χ4n) is 4.04. The van der Waals surface area contributed by atoms with Gasteiger partial charge < -0.3 is 20.1 Å². The minimum Gasteiger partial charge on any atom is -0.490 e. The molecule has 2 aliphatic heterocycles. The van der Waals surface area contributed by atoms with Crippen LogP contribution in [0.15, 0.2) is 18.2 Å². The Labute approximate surface area is 163 Å². The molecule has 4 amide bonds. The lowest BCUT2D eigenvalue weighted by Crippen LogP contribution is -2.44. The van der Waals surface area contributed by atoms with Gasteiger partial charge in [-0.2, -0.15) is 0 Å². The van der Waals surface area contributed by atoms with E-state index in [0.717, 1.165) is 32.1 Å². The molecule has 1 saturated heterocycles. The summed E-state index contributed by atoms with van der Waals surface area (Å²) < 4.78 is 11.2. The summed E-state index contributed by atoms with van der Waals surface area (Å²) in [5.41, 5.74) is -0.186. The van der Waals surface area contributed by atoms with Crippen molar-refractivity contribution in [2.75, 3.05) is 26.3 Å². The van der Waals surface area contributed by atoms with Crippen LogP contribution in [0.3, 0.4) is 0 Å². The van der Waals surface area contributed by atoms with Gasteiger partial charge in [0.05, 0.1) is 13.2 Å². The molecule has 0 atom stereocenters. The van der Waals surface area contributed by atoms with Gasteiger partial charge in [0.15, 0.2) is 11.5 Å². The SMILES string of the molecule is O=C(NCCCN1C(=O)NC2(CCCC2)C1=O)c1ccc2c(c1)OCCCO2. The van der Waals surface area contributed by atoms with Crippen molar-refractivity contribution in [1.82, 2.24) is 15.5 Å². The number of hydrogen-bond acceptors (Lipinski definition) is 5. The van der Waals surface area contributed by atoms with Gasteiger partial charge in [0.2, 0.25) is 0 Å². The number of carbonyl (C=O) groups excluding carboxylic acids is 3. The molecular formula is C20H25N3O5. The predicted octanol–water partition coefficient (Wildman–Crippen LogP) is 1.83. The summed E-state index contributed by atoms with van der Waals surface area (Å²) in [7, 11) is 0. The van der Waals surface area contributed by atoms with E-state index < -0.39 is 5.54 Å². The van der Waals surface area contributed by atoms with Gasteiger partial charge in [-0.3, -0.25) is 14.5 Å². The highest BCUT2D eigenvalue weighted by atomic mass is 16.5. The lowest BCUT2D eigenvalue weighted by atomic mass is 9.98. The first-order valence-electron chi connectivity index (χ1n) is 9.91. The number of benzene rings is 1. The molecule has 8 heteroatoms. The van der Waals surface area contributed by atoms with Crippen molar-refractivity contribution in [2.45, 2.75) is 44.1 Å². The number of carbonyl (C=O) groups is 3. The topological polar surface area (TPSA) is 97.0 Å². The van der Waals surface area contributed by atoms with Crippen LogP contribution in [0.4, 0.5) is 4.79 Å². The van der Waals surface area contributed by atoms with Gasteiger partial charge >= 0.3 is 6.03 Å². The van der Waals surface area contributed by atoms with E-state index in [2.05, 4.69) is 10.6 Å². The second-order valence-electron chi connectivity index (χ2n) is 7.50. The maximum absolute atomic E-state index is 12.6. The fraction of sp³-hybridized carbons (Fsp3) is 0.550. The number of fused-ring (bicyclic) bond motifs is 1. The molecule has 1 saturated carbocycles. The van der Waals surface area contributed by atoms with E-state index in [-0.39, 0.29) is 17.8 Å². The Morgan fingerprint density at radius 2 is 1.86 bits per heavy atom. The molecule has 1 aliphatic carbocycles. The number of hydrogen-bond donors (Lipinski definition) is 2. The first-order valence-corrected chi connectivity index (χ1v) is 9.91. The van der Waals surface area contributed by atoms with Crippen LogP contribution in [-0.4, -0.2) is 54.6 Å². The zero-order chi connectivity index (χ0) is 19.6. The molecule has 28 heavy (non-hydrogen) atoms. The monoisotopic (exact) mass is 387 g/mol. The highest BCUT2D eigenvalue weighted by Crippen LogP contribution is 2.35. The van der Waals surface area contributed by atoms with Crippen LogP contribution in [0, 0.1) is 0 Å². The van der Waals surface area contributed by atoms with E-state index in [1.807, 2.05) is 0 Å². The van der Waals surface area contributed by atoms with Crippen molar-refractivity contribution in [3.05, 3.63) is 23.8 Å². The first-order chi connectivity index (χ1) is 13.6. The standard InChI is InChI=1S/C20H25N3O5/c24-17(14-5-6-15-16(13-14)28-12-4-11-27-15)21-9-3-10-23-18(25)20(22-19(23)26)7-1-2-8-20/h5-6,13H,1-4,7-12H2,(H,21,24)(H,22,26). The molecule has 1 aromatic rings. The highest BCUT2D eigenvalue weighted by molar-refractivity contribution is 6.07. The third-order valence-corrected chi connectivity index (χ3v) is 5.56. The van der Waals surface area contributed by atoms with E-state index in [9.17, 15) is 14.4 Å². The normalized spacial score (nSPS) is 20.2. The molecule has 3 aliphatic rings. The number of ether oxygens (including phenoxy) is 2. The average Bonchev–Trinajstić information content (AvgIpc) is 3.15. The largest absolute Gasteiger partial charge is 0.490 e. The third-order valence-electron chi connectivity index (χ3n) is 5.56. The third kappa shape index (κ3) is 3.50. The van der Waals surface area contributed by atoms with Crippen molar-refractivity contribution in [2.24, 2.45) is 0 Å². The van der Waals surface area contributed by atoms with Crippen LogP contribution in [0.2, 0.25) is 0 Å². The van der Waals surface area contributed by atoms with E-state index in [1.165, 1.54) is 4.90 Å². The van der Waals surface area contributed by atoms with Crippen LogP contribution in [0.1, 0.15) is 48.9 Å². The number of nitrogens with zero attached hydrogens (tertiary/aromatic N) is 1. The zero-order valence-electron chi connectivity index (χ0n) is 15.8. The zero-order valence-corrected chi connectivity index (χ0v) is 15.8. The quantitative estimate of drug-likeness (QED) is 0.594. The van der Waals surface area contributed by atoms with Gasteiger partial charge in [0, 0.05) is 25.1 Å². The molecule has 2 N–H and O–H groups in total. The van der Waals surface area contributed by atoms with Gasteiger partial charge in [0.1, 0.15) is 5.54 Å². The molecule has 1 spiro atoms. The Morgan fingerprint density at radius 3 is 2.64 bits per heavy atom. The molecule has 1 aromatic carbocycles. The van der Waals surface area contributed by atoms with E-state index in [0.29, 0.717) is 49.8 Å². The Kier molecular flexibility index (Phi) is 5.11. The van der Waals surface area contributed by atoms with E-state index in [1.54, 1.807) is 18.2 Å². The van der Waals surface area contributed by atoms with Gasteiger partial charge in [-0.05, 0) is 37.5 Å². The van der Waals surface area contributed by atoms with Crippen LogP contribution in [0.5, 0.6) is 11.5 Å². The second-order valence-corrected chi connectivity index (χ2v) is 7.50. The van der Waals surface area contributed by atoms with Crippen LogP contribution in [0.25, 0.3) is 0 Å². The second kappa shape index (κ2) is 7.69. The summed E-state index contributed by atoms with van der Waals surface area (Å²) in [5, 5.41) is 5.69. The van der Waals surface area contributed by atoms with Crippen LogP contribution in [-0.2, 0) is 4.79 Å². The molecule has 2 fully saturated rings. The lowest BCUT2D eigenvalue weighted by Gasteiger charge is -2.20. The van der Waals surface area contributed by atoms with Crippen molar-refractivity contribution < 1.29 is 23.9 Å². The minimum absolute atomic E-state index is 0.121. The Balaban J connectivity index is 1.27. The Hall–Kier alpha value is -2.77. The maximum atomic E-state index is 12.6. The maximum Gasteiger partial charge on any atom is 0.325 e. The molecule has 0 aromatic heterocycles. The van der Waals surface area contributed by atoms with E-state index in [4.69, 9.17) is 9.47 Å². The number of amides is 4. The molecule has 4 rings (SSSR count). The smallest absolute Gasteiger partial charge is 0.325 e. The van der Waals surface area contributed by atoms with Crippen LogP contribution < -0.4 is 20.1 Å². The van der Waals surface area contributed by atoms with Gasteiger partial charge in [0.25, 0.3) is 11.8 Å². The number of rotatable bonds is 5. The Morgan fingerprint density at radius 1 is 1.11 bits per heavy atom. The van der Waals surface area contributed by atoms with Crippen LogP contribution >= 0.6 is 0 Å². The minimum atomic E-state index is -0.676. The molecule has 2 heterocycles. The van der Waals surface area contributed by atoms with Gasteiger partial charge in [-0.25, -0.2) is 4.79 Å². The summed E-state index contributed by atoms with van der Waals surface area (Å²) in [6.07, 6.45) is 4.67. The molecule has 0 unspecified atom stereocenters. The lowest BCUT2D eigenvalue weighted by molar-refractivity contribution is -0.131. The summed E-state index contributed by atoms with van der Waals surface area (Å²) in [6.45, 7) is 1.83. The van der Waals surface area contributed by atoms with Crippen molar-refractivity contribution >= 4 is 17.8 Å². The van der Waals surface area contributed by atoms with Crippen molar-refractivity contribution in [3.63, 3.8) is 0 Å². The predicted molar refractivity (Wildman–Crippen MR) is 100 cm³/mol. The van der Waals surface area contributed by atoms with Crippen molar-refractivity contribution in [1.29, 1.82) is 0 Å². The number of nitrogens with one attached hydrogen (secondary N) is 2. The molecular weight excluding hydrogens is 362 g/mol. The summed E-state index contributed by atoms with van der Waals surface area (Å²) >= 11 is 0. The molecule has 8 nitrogen and oxygen atoms in total. The number of imide groups is 1. The summed E-state index contributed by atoms with van der Waals surface area (Å²) in [4.78, 5) is 38.4. The highest BCUT2D eigenvalue weighted by Gasteiger charge is 2.51. The molecule has 0 bridgehead atoms. The Bertz CT molecular complexity index is 788. The number of urea groups is 1. The average molecular weight is 387 g/mol. The first kappa shape index (κ1) is 18.6. The van der Waals surface area contributed by atoms with E-state index >= 15 is 0 Å². The van der Waals surface area contributed by atoms with Gasteiger partial charge in [-0.1, -0.05) is 12.8 Å².